The summed E-state index contributed by atoms with van der Waals surface area (Å²) in [5.41, 5.74) is 2.31. The number of hydrogen-bond donors (Lipinski definition) is 4. The summed E-state index contributed by atoms with van der Waals surface area (Å²) in [6.45, 7) is 2.91. The number of rotatable bonds is 6. The molecular formula is C26H30O9. The average molecular weight is 487 g/mol. The van der Waals surface area contributed by atoms with E-state index in [1.54, 1.807) is 12.1 Å². The summed E-state index contributed by atoms with van der Waals surface area (Å²) in [4.78, 5) is 24.0. The molecule has 6 atom stereocenters. The average Bonchev–Trinajstić information content (AvgIpc) is 2.84. The topological polar surface area (TPSA) is 143 Å². The Morgan fingerprint density at radius 3 is 2.34 bits per heavy atom. The van der Waals surface area contributed by atoms with E-state index in [0.717, 1.165) is 24.8 Å². The van der Waals surface area contributed by atoms with Crippen molar-refractivity contribution in [2.45, 2.75) is 75.3 Å². The lowest BCUT2D eigenvalue weighted by atomic mass is 9.79. The fraction of sp³-hybridized carbons (Fsp3) is 0.462. The number of aliphatic hydroxyl groups excluding tert-OH is 3. The second kappa shape index (κ2) is 9.94. The van der Waals surface area contributed by atoms with E-state index in [-0.39, 0.29) is 0 Å². The first kappa shape index (κ1) is 25.1. The van der Waals surface area contributed by atoms with Crippen LogP contribution in [0.5, 0.6) is 5.75 Å². The molecular weight excluding hydrogens is 456 g/mol. The number of carboxylic acids is 1. The molecule has 1 fully saturated rings. The standard InChI is InChI=1S/C26H30O9/c1-26(2,25(32)34-24-21(29)19(27)20(28)22(33-24)23(30)31)35-16-12-10-15(11-13-16)18-9-5-7-14-6-3-4-8-17(14)18/h3-4,6,8,10-13,18-22,24,27-29H,5,7,9H2,1-2H3,(H,30,31). The van der Waals surface area contributed by atoms with Crippen LogP contribution in [0.4, 0.5) is 0 Å². The molecule has 9 nitrogen and oxygen atoms in total. The third kappa shape index (κ3) is 5.18. The first-order chi connectivity index (χ1) is 16.6. The second-order valence-electron chi connectivity index (χ2n) is 9.47. The van der Waals surface area contributed by atoms with Gasteiger partial charge < -0.3 is 34.6 Å². The van der Waals surface area contributed by atoms with Gasteiger partial charge in [0.05, 0.1) is 0 Å². The maximum atomic E-state index is 12.8. The van der Waals surface area contributed by atoms with E-state index in [1.165, 1.54) is 25.0 Å². The molecule has 9 heteroatoms. The fourth-order valence-electron chi connectivity index (χ4n) is 4.60. The molecule has 35 heavy (non-hydrogen) atoms. The highest BCUT2D eigenvalue weighted by Gasteiger charge is 2.49. The summed E-state index contributed by atoms with van der Waals surface area (Å²) in [5, 5.41) is 38.9. The van der Waals surface area contributed by atoms with Crippen LogP contribution in [0.2, 0.25) is 0 Å². The van der Waals surface area contributed by atoms with Crippen molar-refractivity contribution < 1.29 is 44.2 Å². The van der Waals surface area contributed by atoms with Gasteiger partial charge in [-0.15, -0.1) is 0 Å². The number of aliphatic hydroxyl groups is 3. The molecule has 1 saturated heterocycles. The highest BCUT2D eigenvalue weighted by molar-refractivity contribution is 5.79. The zero-order valence-electron chi connectivity index (χ0n) is 19.5. The Bertz CT molecular complexity index is 1060. The van der Waals surface area contributed by atoms with E-state index in [2.05, 4.69) is 18.2 Å². The van der Waals surface area contributed by atoms with E-state index in [1.807, 2.05) is 18.2 Å². The van der Waals surface area contributed by atoms with Gasteiger partial charge in [0.25, 0.3) is 0 Å². The predicted octanol–water partition coefficient (Wildman–Crippen LogP) is 1.75. The summed E-state index contributed by atoms with van der Waals surface area (Å²) in [6.07, 6.45) is -6.00. The van der Waals surface area contributed by atoms with Crippen molar-refractivity contribution in [3.05, 3.63) is 65.2 Å². The summed E-state index contributed by atoms with van der Waals surface area (Å²) in [6, 6.07) is 15.9. The second-order valence-corrected chi connectivity index (χ2v) is 9.47. The molecule has 188 valence electrons. The van der Waals surface area contributed by atoms with E-state index < -0.39 is 48.2 Å². The van der Waals surface area contributed by atoms with Gasteiger partial charge in [-0.3, -0.25) is 0 Å². The number of aryl methyl sites for hydroxylation is 1. The molecule has 2 aromatic rings. The van der Waals surface area contributed by atoms with Crippen LogP contribution < -0.4 is 4.74 Å². The van der Waals surface area contributed by atoms with Crippen molar-refractivity contribution in [2.75, 3.05) is 0 Å². The smallest absolute Gasteiger partial charge is 0.352 e. The number of fused-ring (bicyclic) bond motifs is 1. The molecule has 4 N–H and O–H groups in total. The van der Waals surface area contributed by atoms with Crippen LogP contribution in [0.25, 0.3) is 0 Å². The molecule has 0 bridgehead atoms. The van der Waals surface area contributed by atoms with Gasteiger partial charge in [-0.05, 0) is 61.9 Å². The molecule has 1 aliphatic heterocycles. The lowest BCUT2D eigenvalue weighted by Crippen LogP contribution is -2.61. The molecule has 0 amide bonds. The van der Waals surface area contributed by atoms with Gasteiger partial charge in [0.1, 0.15) is 24.1 Å². The van der Waals surface area contributed by atoms with Gasteiger partial charge in [0.15, 0.2) is 11.7 Å². The van der Waals surface area contributed by atoms with Gasteiger partial charge in [-0.25, -0.2) is 9.59 Å². The Balaban J connectivity index is 1.43. The summed E-state index contributed by atoms with van der Waals surface area (Å²) in [5.74, 6) is -1.80. The maximum absolute atomic E-state index is 12.8. The van der Waals surface area contributed by atoms with Crippen molar-refractivity contribution in [1.29, 1.82) is 0 Å². The van der Waals surface area contributed by atoms with Crippen LogP contribution in [0.15, 0.2) is 48.5 Å². The number of aliphatic carboxylic acids is 1. The number of carbonyl (C=O) groups is 2. The van der Waals surface area contributed by atoms with Crippen LogP contribution in [0.3, 0.4) is 0 Å². The fourth-order valence-corrected chi connectivity index (χ4v) is 4.60. The van der Waals surface area contributed by atoms with Crippen LogP contribution in [0.1, 0.15) is 49.3 Å². The zero-order chi connectivity index (χ0) is 25.3. The summed E-state index contributed by atoms with van der Waals surface area (Å²) < 4.78 is 16.0. The molecule has 1 aliphatic carbocycles. The van der Waals surface area contributed by atoms with Crippen molar-refractivity contribution in [3.63, 3.8) is 0 Å². The van der Waals surface area contributed by atoms with Gasteiger partial charge in [0, 0.05) is 5.92 Å². The largest absolute Gasteiger partial charge is 0.479 e. The Morgan fingerprint density at radius 1 is 0.971 bits per heavy atom. The number of carbonyl (C=O) groups excluding carboxylic acids is 1. The summed E-state index contributed by atoms with van der Waals surface area (Å²) in [7, 11) is 0. The van der Waals surface area contributed by atoms with Crippen molar-refractivity contribution in [1.82, 2.24) is 0 Å². The van der Waals surface area contributed by atoms with Gasteiger partial charge in [-0.2, -0.15) is 0 Å². The van der Waals surface area contributed by atoms with Crippen LogP contribution in [-0.4, -0.2) is 68.7 Å². The molecule has 0 radical (unpaired) electrons. The Morgan fingerprint density at radius 2 is 1.66 bits per heavy atom. The maximum Gasteiger partial charge on any atom is 0.352 e. The zero-order valence-corrected chi connectivity index (χ0v) is 19.5. The Kier molecular flexibility index (Phi) is 7.14. The minimum absolute atomic E-state index is 0.292. The number of benzene rings is 2. The molecule has 1 heterocycles. The van der Waals surface area contributed by atoms with Crippen LogP contribution >= 0.6 is 0 Å². The van der Waals surface area contributed by atoms with Crippen LogP contribution in [0, 0.1) is 0 Å². The van der Waals surface area contributed by atoms with Crippen LogP contribution in [-0.2, 0) is 25.5 Å². The highest BCUT2D eigenvalue weighted by Crippen LogP contribution is 2.37. The lowest BCUT2D eigenvalue weighted by Gasteiger charge is -2.39. The van der Waals surface area contributed by atoms with Crippen molar-refractivity contribution in [3.8, 4) is 5.75 Å². The first-order valence-corrected chi connectivity index (χ1v) is 11.6. The van der Waals surface area contributed by atoms with Gasteiger partial charge in [-0.1, -0.05) is 36.4 Å². The van der Waals surface area contributed by atoms with Gasteiger partial charge >= 0.3 is 11.9 Å². The Hall–Kier alpha value is -2.98. The minimum Gasteiger partial charge on any atom is -0.479 e. The third-order valence-corrected chi connectivity index (χ3v) is 6.55. The quantitative estimate of drug-likeness (QED) is 0.449. The molecule has 2 aromatic carbocycles. The first-order valence-electron chi connectivity index (χ1n) is 11.6. The Labute approximate surface area is 202 Å². The number of carboxylic acid groups (broad SMARTS) is 1. The molecule has 0 saturated carbocycles. The molecule has 2 aliphatic rings. The van der Waals surface area contributed by atoms with E-state index in [4.69, 9.17) is 19.3 Å². The number of esters is 1. The molecule has 0 spiro atoms. The van der Waals surface area contributed by atoms with E-state index in [9.17, 15) is 24.9 Å². The minimum atomic E-state index is -1.88. The normalized spacial score (nSPS) is 28.6. The van der Waals surface area contributed by atoms with Crippen molar-refractivity contribution >= 4 is 11.9 Å². The number of hydrogen-bond acceptors (Lipinski definition) is 8. The van der Waals surface area contributed by atoms with E-state index in [0.29, 0.717) is 11.7 Å². The predicted molar refractivity (Wildman–Crippen MR) is 123 cm³/mol. The monoisotopic (exact) mass is 486 g/mol. The highest BCUT2D eigenvalue weighted by atomic mass is 16.7. The number of ether oxygens (including phenoxy) is 3. The third-order valence-electron chi connectivity index (χ3n) is 6.55. The van der Waals surface area contributed by atoms with Gasteiger partial charge in [0.2, 0.25) is 6.29 Å². The lowest BCUT2D eigenvalue weighted by molar-refractivity contribution is -0.289. The SMILES string of the molecule is CC(C)(Oc1ccc(C2CCCc3ccccc32)cc1)C(=O)OC1OC(C(=O)O)C(O)C(O)C1O. The molecule has 4 rings (SSSR count). The molecule has 0 aromatic heterocycles. The van der Waals surface area contributed by atoms with Crippen molar-refractivity contribution in [2.24, 2.45) is 0 Å². The molecule has 6 unspecified atom stereocenters. The van der Waals surface area contributed by atoms with E-state index >= 15 is 0 Å². The summed E-state index contributed by atoms with van der Waals surface area (Å²) >= 11 is 0.